The Hall–Kier alpha value is -3.20. The molecule has 1 heterocycles. The lowest BCUT2D eigenvalue weighted by Gasteiger charge is -2.12. The Kier molecular flexibility index (Phi) is 7.07. The topological polar surface area (TPSA) is 106 Å². The molecule has 0 aliphatic carbocycles. The van der Waals surface area contributed by atoms with Gasteiger partial charge in [0.25, 0.3) is 0 Å². The summed E-state index contributed by atoms with van der Waals surface area (Å²) < 4.78 is 25.6. The second-order valence-electron chi connectivity index (χ2n) is 5.23. The van der Waals surface area contributed by atoms with Crippen LogP contribution in [0.2, 0.25) is 0 Å². The first-order chi connectivity index (χ1) is 13.0. The average Bonchev–Trinajstić information content (AvgIpc) is 2.71. The fraction of sp³-hybridized carbons (Fsp3) is 0.333. The van der Waals surface area contributed by atoms with Crippen molar-refractivity contribution in [3.8, 4) is 23.5 Å². The van der Waals surface area contributed by atoms with Crippen molar-refractivity contribution in [3.05, 3.63) is 35.9 Å². The van der Waals surface area contributed by atoms with Crippen molar-refractivity contribution >= 4 is 11.8 Å². The summed E-state index contributed by atoms with van der Waals surface area (Å²) in [6.07, 6.45) is -0.863. The van der Waals surface area contributed by atoms with Gasteiger partial charge < -0.3 is 23.7 Å². The van der Waals surface area contributed by atoms with Crippen molar-refractivity contribution in [2.45, 2.75) is 13.0 Å². The fourth-order valence-electron chi connectivity index (χ4n) is 2.04. The summed E-state index contributed by atoms with van der Waals surface area (Å²) in [5.41, 5.74) is 0.250. The number of rotatable bonds is 9. The summed E-state index contributed by atoms with van der Waals surface area (Å²) in [4.78, 5) is 32.0. The Bertz CT molecular complexity index is 788. The van der Waals surface area contributed by atoms with Gasteiger partial charge in [0.15, 0.2) is 11.9 Å². The van der Waals surface area contributed by atoms with E-state index in [1.54, 1.807) is 24.3 Å². The van der Waals surface area contributed by atoms with Gasteiger partial charge >= 0.3 is 12.0 Å². The van der Waals surface area contributed by atoms with Crippen LogP contribution >= 0.6 is 0 Å². The number of esters is 1. The van der Waals surface area contributed by atoms with Crippen LogP contribution in [0.4, 0.5) is 0 Å². The molecule has 0 radical (unpaired) electrons. The molecule has 2 rings (SSSR count). The summed E-state index contributed by atoms with van der Waals surface area (Å²) in [5, 5.41) is 0. The number of carbonyl (C=O) groups excluding carboxylic acids is 2. The van der Waals surface area contributed by atoms with Gasteiger partial charge in [0, 0.05) is 0 Å². The average molecular weight is 376 g/mol. The predicted octanol–water partition coefficient (Wildman–Crippen LogP) is 2.05. The third-order valence-corrected chi connectivity index (χ3v) is 3.46. The summed E-state index contributed by atoms with van der Waals surface area (Å²) >= 11 is 0. The summed E-state index contributed by atoms with van der Waals surface area (Å²) in [7, 11) is 4.14. The van der Waals surface area contributed by atoms with Crippen molar-refractivity contribution in [1.29, 1.82) is 0 Å². The third kappa shape index (κ3) is 5.38. The minimum atomic E-state index is -0.863. The predicted molar refractivity (Wildman–Crippen MR) is 93.4 cm³/mol. The normalized spacial score (nSPS) is 11.4. The molecule has 27 heavy (non-hydrogen) atoms. The minimum absolute atomic E-state index is 0.0460. The highest BCUT2D eigenvalue weighted by atomic mass is 16.6. The number of benzene rings is 1. The fourth-order valence-corrected chi connectivity index (χ4v) is 2.04. The number of hydrogen-bond acceptors (Lipinski definition) is 9. The summed E-state index contributed by atoms with van der Waals surface area (Å²) in [6, 6.07) is 7.98. The number of ketones is 1. The maximum atomic E-state index is 12.5. The van der Waals surface area contributed by atoms with Crippen LogP contribution in [0.15, 0.2) is 30.3 Å². The molecule has 0 bridgehead atoms. The number of Topliss-reactive ketones (excluding diaryl/α,β-unsaturated/α-hetero) is 1. The molecule has 0 N–H and O–H groups in total. The van der Waals surface area contributed by atoms with E-state index < -0.39 is 12.1 Å². The lowest BCUT2D eigenvalue weighted by Crippen LogP contribution is -2.25. The highest BCUT2D eigenvalue weighted by molar-refractivity contribution is 5.99. The maximum absolute atomic E-state index is 12.5. The van der Waals surface area contributed by atoms with Crippen LogP contribution in [0, 0.1) is 0 Å². The molecule has 0 saturated heterocycles. The molecule has 9 heteroatoms. The number of methoxy groups -OCH3 is 3. The molecular formula is C18H20N2O7. The third-order valence-electron chi connectivity index (χ3n) is 3.46. The Labute approximate surface area is 156 Å². The summed E-state index contributed by atoms with van der Waals surface area (Å²) in [6.45, 7) is 1.18. The van der Waals surface area contributed by atoms with Gasteiger partial charge in [0.2, 0.25) is 11.8 Å². The molecule has 0 saturated carbocycles. The van der Waals surface area contributed by atoms with Gasteiger partial charge in [-0.2, -0.15) is 9.97 Å². The number of hydrogen-bond donors (Lipinski definition) is 0. The Balaban J connectivity index is 2.18. The van der Waals surface area contributed by atoms with Gasteiger partial charge in [-0.3, -0.25) is 4.79 Å². The molecule has 0 amide bonds. The number of carbonyl (C=O) groups is 2. The van der Waals surface area contributed by atoms with E-state index in [9.17, 15) is 9.59 Å². The standard InChI is InChI=1S/C18H20N2O7/c1-11(17(22)25-4)26-10-13(21)12-7-5-6-8-14(12)27-18-19-15(23-2)9-16(20-18)24-3/h5-9,11H,10H2,1-4H3. The molecule has 1 atom stereocenters. The molecule has 0 aliphatic rings. The minimum Gasteiger partial charge on any atom is -0.481 e. The first-order valence-corrected chi connectivity index (χ1v) is 7.95. The van der Waals surface area contributed by atoms with E-state index >= 15 is 0 Å². The van der Waals surface area contributed by atoms with Crippen molar-refractivity contribution in [2.75, 3.05) is 27.9 Å². The first kappa shape index (κ1) is 20.1. The first-order valence-electron chi connectivity index (χ1n) is 7.95. The van der Waals surface area contributed by atoms with Gasteiger partial charge in [-0.05, 0) is 19.1 Å². The van der Waals surface area contributed by atoms with Crippen molar-refractivity contribution in [1.82, 2.24) is 9.97 Å². The van der Waals surface area contributed by atoms with E-state index in [0.29, 0.717) is 0 Å². The van der Waals surface area contributed by atoms with Gasteiger partial charge in [-0.1, -0.05) is 12.1 Å². The van der Waals surface area contributed by atoms with Gasteiger partial charge in [-0.15, -0.1) is 0 Å². The van der Waals surface area contributed by atoms with E-state index in [4.69, 9.17) is 18.9 Å². The van der Waals surface area contributed by atoms with E-state index in [0.717, 1.165) is 0 Å². The van der Waals surface area contributed by atoms with Crippen LogP contribution in [-0.2, 0) is 14.3 Å². The molecule has 0 fully saturated rings. The highest BCUT2D eigenvalue weighted by Gasteiger charge is 2.19. The second kappa shape index (κ2) is 9.48. The zero-order chi connectivity index (χ0) is 19.8. The van der Waals surface area contributed by atoms with Gasteiger partial charge in [-0.25, -0.2) is 4.79 Å². The molecule has 0 spiro atoms. The molecule has 0 aliphatic heterocycles. The van der Waals surface area contributed by atoms with Crippen LogP contribution in [0.25, 0.3) is 0 Å². The number of aromatic nitrogens is 2. The maximum Gasteiger partial charge on any atom is 0.334 e. The van der Waals surface area contributed by atoms with Crippen molar-refractivity contribution in [3.63, 3.8) is 0 Å². The van der Waals surface area contributed by atoms with E-state index in [1.165, 1.54) is 34.3 Å². The zero-order valence-corrected chi connectivity index (χ0v) is 15.4. The molecule has 144 valence electrons. The Morgan fingerprint density at radius 1 is 1.04 bits per heavy atom. The van der Waals surface area contributed by atoms with Crippen LogP contribution in [0.1, 0.15) is 17.3 Å². The second-order valence-corrected chi connectivity index (χ2v) is 5.23. The van der Waals surface area contributed by atoms with Gasteiger partial charge in [0.05, 0.1) is 33.0 Å². The Morgan fingerprint density at radius 3 is 2.26 bits per heavy atom. The molecule has 2 aromatic rings. The van der Waals surface area contributed by atoms with Crippen LogP contribution in [-0.4, -0.2) is 55.8 Å². The van der Waals surface area contributed by atoms with Crippen LogP contribution < -0.4 is 14.2 Å². The van der Waals surface area contributed by atoms with Crippen LogP contribution in [0.3, 0.4) is 0 Å². The number of para-hydroxylation sites is 1. The molecule has 1 unspecified atom stereocenters. The smallest absolute Gasteiger partial charge is 0.334 e. The lowest BCUT2D eigenvalue weighted by atomic mass is 10.1. The summed E-state index contributed by atoms with van der Waals surface area (Å²) in [5.74, 6) is -0.223. The molecule has 1 aromatic carbocycles. The zero-order valence-electron chi connectivity index (χ0n) is 15.4. The van der Waals surface area contributed by atoms with E-state index in [2.05, 4.69) is 14.7 Å². The molecule has 1 aromatic heterocycles. The number of nitrogens with zero attached hydrogens (tertiary/aromatic N) is 2. The number of ether oxygens (including phenoxy) is 5. The molecular weight excluding hydrogens is 356 g/mol. The van der Waals surface area contributed by atoms with Gasteiger partial charge in [0.1, 0.15) is 12.4 Å². The quantitative estimate of drug-likeness (QED) is 0.480. The molecule has 9 nitrogen and oxygen atoms in total. The van der Waals surface area contributed by atoms with E-state index in [1.807, 2.05) is 0 Å². The van der Waals surface area contributed by atoms with Crippen molar-refractivity contribution < 1.29 is 33.3 Å². The monoisotopic (exact) mass is 376 g/mol. The van der Waals surface area contributed by atoms with Crippen molar-refractivity contribution in [2.24, 2.45) is 0 Å². The SMILES string of the molecule is COC(=O)C(C)OCC(=O)c1ccccc1Oc1nc(OC)cc(OC)n1. The lowest BCUT2D eigenvalue weighted by molar-refractivity contribution is -0.152. The van der Waals surface area contributed by atoms with Crippen LogP contribution in [0.5, 0.6) is 23.5 Å². The Morgan fingerprint density at radius 2 is 1.67 bits per heavy atom. The highest BCUT2D eigenvalue weighted by Crippen LogP contribution is 2.26. The largest absolute Gasteiger partial charge is 0.481 e. The van der Waals surface area contributed by atoms with E-state index in [-0.39, 0.29) is 41.5 Å².